The standard InChI is InChI=1S/C28H28FN3O4S/c1-5-35-26(33)23-16(3)30-17(4)24(27(34)36-6-2)25(23)18-10-9-11-19(14-18)31-28-32-22(15-37-28)20-12-7-8-13-21(20)29/h7-15,23,25H,5-6H2,1-4H3,(H,31,32). The Morgan fingerprint density at radius 2 is 1.81 bits per heavy atom. The maximum Gasteiger partial charge on any atom is 0.336 e. The first kappa shape index (κ1) is 26.2. The molecular formula is C28H28FN3O4S. The monoisotopic (exact) mass is 521 g/mol. The topological polar surface area (TPSA) is 89.9 Å². The van der Waals surface area contributed by atoms with Gasteiger partial charge in [0.2, 0.25) is 0 Å². The molecule has 0 saturated heterocycles. The Labute approximate surface area is 219 Å². The van der Waals surface area contributed by atoms with Gasteiger partial charge in [0, 0.05) is 34.0 Å². The third kappa shape index (κ3) is 5.61. The second-order valence-corrected chi connectivity index (χ2v) is 9.31. The van der Waals surface area contributed by atoms with Crippen molar-refractivity contribution in [2.75, 3.05) is 18.5 Å². The van der Waals surface area contributed by atoms with Crippen molar-refractivity contribution in [1.29, 1.82) is 0 Å². The summed E-state index contributed by atoms with van der Waals surface area (Å²) in [6.07, 6.45) is 0. The molecule has 4 rings (SSSR count). The minimum absolute atomic E-state index is 0.199. The number of esters is 2. The first-order valence-electron chi connectivity index (χ1n) is 12.0. The van der Waals surface area contributed by atoms with Crippen LogP contribution in [-0.4, -0.2) is 35.8 Å². The lowest BCUT2D eigenvalue weighted by atomic mass is 9.75. The molecule has 2 unspecified atom stereocenters. The number of thiazole rings is 1. The molecule has 0 fully saturated rings. The summed E-state index contributed by atoms with van der Waals surface area (Å²) in [7, 11) is 0. The molecule has 0 aliphatic carbocycles. The average Bonchev–Trinajstić information content (AvgIpc) is 3.32. The zero-order valence-corrected chi connectivity index (χ0v) is 21.9. The van der Waals surface area contributed by atoms with Gasteiger partial charge in [-0.1, -0.05) is 24.3 Å². The molecule has 9 heteroatoms. The van der Waals surface area contributed by atoms with Crippen molar-refractivity contribution < 1.29 is 23.5 Å². The van der Waals surface area contributed by atoms with Gasteiger partial charge in [-0.25, -0.2) is 14.2 Å². The molecule has 0 bridgehead atoms. The van der Waals surface area contributed by atoms with Gasteiger partial charge in [0.15, 0.2) is 5.13 Å². The van der Waals surface area contributed by atoms with Crippen LogP contribution in [0.2, 0.25) is 0 Å². The predicted molar refractivity (Wildman–Crippen MR) is 143 cm³/mol. The van der Waals surface area contributed by atoms with E-state index >= 15 is 0 Å². The molecule has 0 spiro atoms. The molecular weight excluding hydrogens is 493 g/mol. The minimum atomic E-state index is -0.772. The molecule has 37 heavy (non-hydrogen) atoms. The van der Waals surface area contributed by atoms with Crippen molar-refractivity contribution in [3.05, 3.63) is 76.6 Å². The van der Waals surface area contributed by atoms with Gasteiger partial charge >= 0.3 is 11.9 Å². The highest BCUT2D eigenvalue weighted by atomic mass is 32.1. The van der Waals surface area contributed by atoms with Crippen LogP contribution < -0.4 is 5.32 Å². The normalized spacial score (nSPS) is 17.3. The van der Waals surface area contributed by atoms with Crippen molar-refractivity contribution in [2.45, 2.75) is 33.6 Å². The molecule has 7 nitrogen and oxygen atoms in total. The van der Waals surface area contributed by atoms with E-state index in [9.17, 15) is 14.0 Å². The van der Waals surface area contributed by atoms with Gasteiger partial charge in [0.05, 0.1) is 24.5 Å². The van der Waals surface area contributed by atoms with E-state index in [1.165, 1.54) is 17.4 Å². The number of hydrogen-bond acceptors (Lipinski definition) is 8. The van der Waals surface area contributed by atoms with Gasteiger partial charge in [-0.05, 0) is 57.5 Å². The van der Waals surface area contributed by atoms with Crippen LogP contribution in [0.25, 0.3) is 11.3 Å². The maximum atomic E-state index is 14.2. The molecule has 0 saturated carbocycles. The largest absolute Gasteiger partial charge is 0.465 e. The molecule has 3 aromatic rings. The number of ether oxygens (including phenoxy) is 2. The summed E-state index contributed by atoms with van der Waals surface area (Å²) in [6, 6.07) is 13.9. The number of halogens is 1. The number of carbonyl (C=O) groups excluding carboxylic acids is 2. The number of benzene rings is 2. The van der Waals surface area contributed by atoms with Crippen LogP contribution in [0.3, 0.4) is 0 Å². The minimum Gasteiger partial charge on any atom is -0.465 e. The number of allylic oxidation sites excluding steroid dienone is 1. The third-order valence-electron chi connectivity index (χ3n) is 6.02. The Hall–Kier alpha value is -3.85. The summed E-state index contributed by atoms with van der Waals surface area (Å²) in [6.45, 7) is 7.39. The first-order chi connectivity index (χ1) is 17.8. The quantitative estimate of drug-likeness (QED) is 0.352. The average molecular weight is 522 g/mol. The van der Waals surface area contributed by atoms with Crippen LogP contribution in [0, 0.1) is 11.7 Å². The SMILES string of the molecule is CCOC(=O)C1=C(C)N=C(C)C(C(=O)OCC)C1c1cccc(Nc2nc(-c3ccccc3F)cs2)c1. The highest BCUT2D eigenvalue weighted by molar-refractivity contribution is 7.14. The van der Waals surface area contributed by atoms with Gasteiger partial charge in [0.25, 0.3) is 0 Å². The van der Waals surface area contributed by atoms with E-state index in [2.05, 4.69) is 15.3 Å². The summed E-state index contributed by atoms with van der Waals surface area (Å²) in [5.74, 6) is -2.71. The summed E-state index contributed by atoms with van der Waals surface area (Å²) in [5.41, 5.74) is 3.80. The van der Waals surface area contributed by atoms with E-state index in [0.29, 0.717) is 39.1 Å². The number of anilines is 2. The first-order valence-corrected chi connectivity index (χ1v) is 12.9. The molecule has 2 aromatic carbocycles. The number of hydrogen-bond donors (Lipinski definition) is 1. The van der Waals surface area contributed by atoms with Crippen molar-refractivity contribution in [3.63, 3.8) is 0 Å². The van der Waals surface area contributed by atoms with Gasteiger partial charge in [0.1, 0.15) is 11.7 Å². The van der Waals surface area contributed by atoms with Crippen LogP contribution in [0.15, 0.2) is 70.2 Å². The van der Waals surface area contributed by atoms with E-state index in [1.54, 1.807) is 51.3 Å². The lowest BCUT2D eigenvalue weighted by molar-refractivity contribution is -0.146. The lowest BCUT2D eigenvalue weighted by Crippen LogP contribution is -2.36. The van der Waals surface area contributed by atoms with E-state index in [0.717, 1.165) is 5.56 Å². The van der Waals surface area contributed by atoms with Gasteiger partial charge in [-0.15, -0.1) is 11.3 Å². The number of aromatic nitrogens is 1. The van der Waals surface area contributed by atoms with E-state index in [1.807, 2.05) is 24.3 Å². The molecule has 2 heterocycles. The Morgan fingerprint density at radius 1 is 1.05 bits per heavy atom. The van der Waals surface area contributed by atoms with Crippen LogP contribution in [0.1, 0.15) is 39.2 Å². The molecule has 0 amide bonds. The fraction of sp³-hybridized carbons (Fsp3) is 0.286. The summed E-state index contributed by atoms with van der Waals surface area (Å²) < 4.78 is 24.9. The molecule has 1 aliphatic rings. The van der Waals surface area contributed by atoms with Gasteiger partial charge in [-0.3, -0.25) is 9.79 Å². The number of nitrogens with zero attached hydrogens (tertiary/aromatic N) is 2. The zero-order chi connectivity index (χ0) is 26.5. The Bertz CT molecular complexity index is 1380. The number of rotatable bonds is 8. The number of carbonyl (C=O) groups is 2. The van der Waals surface area contributed by atoms with Crippen molar-refractivity contribution in [1.82, 2.24) is 4.98 Å². The van der Waals surface area contributed by atoms with Crippen molar-refractivity contribution >= 4 is 39.8 Å². The van der Waals surface area contributed by atoms with Crippen LogP contribution in [-0.2, 0) is 19.1 Å². The fourth-order valence-electron chi connectivity index (χ4n) is 4.47. The molecule has 1 aromatic heterocycles. The van der Waals surface area contributed by atoms with Crippen molar-refractivity contribution in [2.24, 2.45) is 10.9 Å². The predicted octanol–water partition coefficient (Wildman–Crippen LogP) is 6.27. The van der Waals surface area contributed by atoms with E-state index < -0.39 is 23.8 Å². The third-order valence-corrected chi connectivity index (χ3v) is 6.77. The molecule has 0 radical (unpaired) electrons. The molecule has 192 valence electrons. The van der Waals surface area contributed by atoms with E-state index in [4.69, 9.17) is 9.47 Å². The maximum absolute atomic E-state index is 14.2. The second kappa shape index (κ2) is 11.5. The van der Waals surface area contributed by atoms with Crippen LogP contribution in [0.4, 0.5) is 15.2 Å². The fourth-order valence-corrected chi connectivity index (χ4v) is 5.20. The summed E-state index contributed by atoms with van der Waals surface area (Å²) in [5, 5.41) is 5.62. The van der Waals surface area contributed by atoms with E-state index in [-0.39, 0.29) is 19.0 Å². The lowest BCUT2D eigenvalue weighted by Gasteiger charge is -2.31. The number of aliphatic imine (C=N–C) groups is 1. The van der Waals surface area contributed by atoms with Crippen LogP contribution >= 0.6 is 11.3 Å². The summed E-state index contributed by atoms with van der Waals surface area (Å²) >= 11 is 1.35. The van der Waals surface area contributed by atoms with Gasteiger partial charge in [-0.2, -0.15) is 0 Å². The highest BCUT2D eigenvalue weighted by Crippen LogP contribution is 2.41. The smallest absolute Gasteiger partial charge is 0.336 e. The molecule has 2 atom stereocenters. The van der Waals surface area contributed by atoms with Crippen molar-refractivity contribution in [3.8, 4) is 11.3 Å². The Kier molecular flexibility index (Phi) is 8.13. The Morgan fingerprint density at radius 3 is 2.54 bits per heavy atom. The van der Waals surface area contributed by atoms with Gasteiger partial charge < -0.3 is 14.8 Å². The highest BCUT2D eigenvalue weighted by Gasteiger charge is 2.42. The summed E-state index contributed by atoms with van der Waals surface area (Å²) in [4.78, 5) is 35.1. The number of nitrogens with one attached hydrogen (secondary N) is 1. The van der Waals surface area contributed by atoms with Crippen LogP contribution in [0.5, 0.6) is 0 Å². The zero-order valence-electron chi connectivity index (χ0n) is 21.1. The Balaban J connectivity index is 1.70. The molecule has 1 aliphatic heterocycles. The molecule has 1 N–H and O–H groups in total. The second-order valence-electron chi connectivity index (χ2n) is 8.45.